The van der Waals surface area contributed by atoms with Gasteiger partial charge in [-0.05, 0) is 13.8 Å². The first-order chi connectivity index (χ1) is 8.81. The average molecular weight is 290 g/mol. The fourth-order valence-corrected chi connectivity index (χ4v) is 1.78. The van der Waals surface area contributed by atoms with Crippen LogP contribution < -0.4 is 5.73 Å². The molecule has 1 rings (SSSR count). The molecule has 1 unspecified atom stereocenters. The van der Waals surface area contributed by atoms with Gasteiger partial charge in [0.2, 0.25) is 0 Å². The van der Waals surface area contributed by atoms with Gasteiger partial charge in [-0.3, -0.25) is 0 Å². The number of hydrogen-bond acceptors (Lipinski definition) is 6. The van der Waals surface area contributed by atoms with Gasteiger partial charge in [-0.15, -0.1) is 0 Å². The Morgan fingerprint density at radius 1 is 1.42 bits per heavy atom. The summed E-state index contributed by atoms with van der Waals surface area (Å²) in [6.07, 6.45) is 2.32. The van der Waals surface area contributed by atoms with Crippen molar-refractivity contribution < 1.29 is 24.5 Å². The summed E-state index contributed by atoms with van der Waals surface area (Å²) < 4.78 is 5.48. The third kappa shape index (κ3) is 11.3. The Labute approximate surface area is 115 Å². The van der Waals surface area contributed by atoms with Crippen LogP contribution in [0.15, 0.2) is 17.1 Å². The summed E-state index contributed by atoms with van der Waals surface area (Å²) in [7, 11) is 0. The fraction of sp³-hybridized carbons (Fsp3) is 0.545. The first-order valence-corrected chi connectivity index (χ1v) is 6.55. The van der Waals surface area contributed by atoms with Crippen LogP contribution in [0, 0.1) is 0 Å². The topological polar surface area (TPSA) is 122 Å². The highest BCUT2D eigenvalue weighted by Crippen LogP contribution is 2.16. The van der Waals surface area contributed by atoms with Crippen molar-refractivity contribution in [2.24, 2.45) is 10.7 Å². The molecule has 0 bridgehead atoms. The SMILES string of the molecule is CC(C)OC1CCSC(N)=N1.O=C(O)C=CC(=O)O. The Hall–Kier alpha value is -1.54. The number of aliphatic imine (C=N–C) groups is 1. The van der Waals surface area contributed by atoms with E-state index in [2.05, 4.69) is 4.99 Å². The number of carboxylic acids is 2. The van der Waals surface area contributed by atoms with E-state index in [9.17, 15) is 9.59 Å². The van der Waals surface area contributed by atoms with E-state index in [-0.39, 0.29) is 12.3 Å². The number of ether oxygens (including phenoxy) is 1. The maximum Gasteiger partial charge on any atom is 0.328 e. The van der Waals surface area contributed by atoms with Crippen molar-refractivity contribution in [2.45, 2.75) is 32.6 Å². The number of nitrogens with zero attached hydrogens (tertiary/aromatic N) is 1. The minimum absolute atomic E-state index is 0.00347. The second-order valence-corrected chi connectivity index (χ2v) is 4.87. The predicted octanol–water partition coefficient (Wildman–Crippen LogP) is 0.901. The molecule has 0 aromatic carbocycles. The molecular weight excluding hydrogens is 272 g/mol. The van der Waals surface area contributed by atoms with Crippen LogP contribution in [0.5, 0.6) is 0 Å². The lowest BCUT2D eigenvalue weighted by Gasteiger charge is -2.20. The summed E-state index contributed by atoms with van der Waals surface area (Å²) >= 11 is 1.60. The molecule has 1 aliphatic heterocycles. The van der Waals surface area contributed by atoms with Gasteiger partial charge in [0.1, 0.15) is 0 Å². The average Bonchev–Trinajstić information content (AvgIpc) is 2.26. The van der Waals surface area contributed by atoms with Crippen molar-refractivity contribution in [2.75, 3.05) is 5.75 Å². The molecule has 19 heavy (non-hydrogen) atoms. The molecule has 0 aliphatic carbocycles. The highest BCUT2D eigenvalue weighted by molar-refractivity contribution is 8.13. The molecule has 0 aromatic heterocycles. The molecule has 4 N–H and O–H groups in total. The van der Waals surface area contributed by atoms with Gasteiger partial charge in [0.15, 0.2) is 11.4 Å². The normalized spacial score (nSPS) is 18.7. The Bertz CT molecular complexity index is 352. The highest BCUT2D eigenvalue weighted by Gasteiger charge is 2.14. The smallest absolute Gasteiger partial charge is 0.328 e. The van der Waals surface area contributed by atoms with E-state index in [1.54, 1.807) is 11.8 Å². The third-order valence-corrected chi connectivity index (χ3v) is 2.52. The Balaban J connectivity index is 0.000000362. The first-order valence-electron chi connectivity index (χ1n) is 5.56. The number of hydrogen-bond donors (Lipinski definition) is 3. The van der Waals surface area contributed by atoms with Gasteiger partial charge in [0.25, 0.3) is 0 Å². The maximum atomic E-state index is 9.55. The molecule has 0 radical (unpaired) electrons. The van der Waals surface area contributed by atoms with Crippen molar-refractivity contribution in [1.82, 2.24) is 0 Å². The highest BCUT2D eigenvalue weighted by atomic mass is 32.2. The van der Waals surface area contributed by atoms with Crippen LogP contribution >= 0.6 is 11.8 Å². The number of carbonyl (C=O) groups is 2. The van der Waals surface area contributed by atoms with Crippen LogP contribution in [0.2, 0.25) is 0 Å². The van der Waals surface area contributed by atoms with Gasteiger partial charge < -0.3 is 20.7 Å². The van der Waals surface area contributed by atoms with E-state index < -0.39 is 11.9 Å². The first kappa shape index (κ1) is 17.5. The summed E-state index contributed by atoms with van der Waals surface area (Å²) in [4.78, 5) is 23.3. The van der Waals surface area contributed by atoms with Crippen LogP contribution in [0.25, 0.3) is 0 Å². The number of carboxylic acid groups (broad SMARTS) is 2. The zero-order chi connectivity index (χ0) is 14.8. The van der Waals surface area contributed by atoms with Crippen LogP contribution in [-0.2, 0) is 14.3 Å². The fourth-order valence-electron chi connectivity index (χ4n) is 1.06. The molecule has 0 fully saturated rings. The number of amidine groups is 1. The molecule has 0 aromatic rings. The van der Waals surface area contributed by atoms with Gasteiger partial charge in [0, 0.05) is 24.3 Å². The molecule has 0 saturated carbocycles. The Morgan fingerprint density at radius 3 is 2.32 bits per heavy atom. The van der Waals surface area contributed by atoms with Crippen LogP contribution in [-0.4, -0.2) is 45.4 Å². The van der Waals surface area contributed by atoms with Gasteiger partial charge in [-0.25, -0.2) is 14.6 Å². The summed E-state index contributed by atoms with van der Waals surface area (Å²) in [6, 6.07) is 0. The largest absolute Gasteiger partial charge is 0.478 e. The summed E-state index contributed by atoms with van der Waals surface area (Å²) in [5.74, 6) is -1.49. The number of nitrogens with two attached hydrogens (primary N) is 1. The summed E-state index contributed by atoms with van der Waals surface area (Å²) in [5, 5.41) is 16.3. The van der Waals surface area contributed by atoms with Crippen molar-refractivity contribution in [3.63, 3.8) is 0 Å². The number of rotatable bonds is 4. The molecule has 1 aliphatic rings. The second kappa shape index (κ2) is 9.40. The molecule has 1 atom stereocenters. The van der Waals surface area contributed by atoms with E-state index in [4.69, 9.17) is 20.7 Å². The van der Waals surface area contributed by atoms with Crippen molar-refractivity contribution in [3.8, 4) is 0 Å². The minimum atomic E-state index is -1.26. The summed E-state index contributed by atoms with van der Waals surface area (Å²) in [5.41, 5.74) is 5.53. The lowest BCUT2D eigenvalue weighted by molar-refractivity contribution is -0.134. The molecular formula is C11H18N2O5S. The Kier molecular flexibility index (Phi) is 8.64. The molecule has 8 heteroatoms. The minimum Gasteiger partial charge on any atom is -0.478 e. The monoisotopic (exact) mass is 290 g/mol. The molecule has 0 spiro atoms. The standard InChI is InChI=1S/C7H14N2OS.C4H4O4/c1-5(2)10-6-3-4-11-7(8)9-6;5-3(6)1-2-4(7)8/h5-6H,3-4H2,1-2H3,(H2,8,9);1-2H,(H,5,6)(H,7,8). The Morgan fingerprint density at radius 2 is 1.95 bits per heavy atom. The van der Waals surface area contributed by atoms with Crippen molar-refractivity contribution >= 4 is 28.9 Å². The van der Waals surface area contributed by atoms with E-state index in [1.165, 1.54) is 0 Å². The van der Waals surface area contributed by atoms with Gasteiger partial charge in [-0.1, -0.05) is 11.8 Å². The molecule has 7 nitrogen and oxygen atoms in total. The van der Waals surface area contributed by atoms with E-state index in [0.29, 0.717) is 17.3 Å². The lowest BCUT2D eigenvalue weighted by atomic mass is 10.4. The number of aliphatic carboxylic acids is 2. The third-order valence-electron chi connectivity index (χ3n) is 1.68. The van der Waals surface area contributed by atoms with E-state index in [1.807, 2.05) is 13.8 Å². The van der Waals surface area contributed by atoms with Gasteiger partial charge >= 0.3 is 11.9 Å². The molecule has 0 saturated heterocycles. The quantitative estimate of drug-likeness (QED) is 0.657. The molecule has 0 amide bonds. The lowest BCUT2D eigenvalue weighted by Crippen LogP contribution is -2.24. The predicted molar refractivity (Wildman–Crippen MR) is 73.1 cm³/mol. The van der Waals surface area contributed by atoms with Crippen LogP contribution in [0.1, 0.15) is 20.3 Å². The second-order valence-electron chi connectivity index (χ2n) is 3.75. The van der Waals surface area contributed by atoms with Crippen molar-refractivity contribution in [1.29, 1.82) is 0 Å². The number of thioether (sulfide) groups is 1. The van der Waals surface area contributed by atoms with Gasteiger partial charge in [0.05, 0.1) is 6.10 Å². The zero-order valence-corrected chi connectivity index (χ0v) is 11.6. The van der Waals surface area contributed by atoms with E-state index in [0.717, 1.165) is 12.2 Å². The summed E-state index contributed by atoms with van der Waals surface area (Å²) in [6.45, 7) is 4.01. The molecule has 1 heterocycles. The zero-order valence-electron chi connectivity index (χ0n) is 10.8. The van der Waals surface area contributed by atoms with Crippen LogP contribution in [0.4, 0.5) is 0 Å². The van der Waals surface area contributed by atoms with E-state index >= 15 is 0 Å². The van der Waals surface area contributed by atoms with Crippen LogP contribution in [0.3, 0.4) is 0 Å². The maximum absolute atomic E-state index is 9.55. The van der Waals surface area contributed by atoms with Gasteiger partial charge in [-0.2, -0.15) is 0 Å². The molecule has 108 valence electrons. The van der Waals surface area contributed by atoms with Crippen molar-refractivity contribution in [3.05, 3.63) is 12.2 Å².